The summed E-state index contributed by atoms with van der Waals surface area (Å²) in [6, 6.07) is 16.6. The number of fused-ring (bicyclic) bond motifs is 1. The van der Waals surface area contributed by atoms with Crippen LogP contribution in [0.25, 0.3) is 0 Å². The Morgan fingerprint density at radius 2 is 1.95 bits per heavy atom. The Bertz CT molecular complexity index is 673. The van der Waals surface area contributed by atoms with Crippen molar-refractivity contribution < 1.29 is 0 Å². The molecule has 0 amide bonds. The van der Waals surface area contributed by atoms with Crippen molar-refractivity contribution in [3.63, 3.8) is 0 Å². The zero-order valence-corrected chi connectivity index (χ0v) is 11.8. The molecule has 3 heteroatoms. The van der Waals surface area contributed by atoms with E-state index in [1.54, 1.807) is 6.07 Å². The van der Waals surface area contributed by atoms with Crippen LogP contribution in [-0.2, 0) is 12.8 Å². The third-order valence-corrected chi connectivity index (χ3v) is 4.12. The molecule has 0 aromatic heterocycles. The molecule has 100 valence electrons. The molecule has 1 aliphatic carbocycles. The van der Waals surface area contributed by atoms with E-state index in [9.17, 15) is 0 Å². The minimum atomic E-state index is 0.425. The number of nitrogens with zero attached hydrogens (tertiary/aromatic N) is 1. The van der Waals surface area contributed by atoms with Crippen molar-refractivity contribution in [1.29, 1.82) is 5.26 Å². The smallest absolute Gasteiger partial charge is 0.101 e. The number of aryl methyl sites for hydroxylation is 1. The van der Waals surface area contributed by atoms with Crippen LogP contribution in [0.3, 0.4) is 0 Å². The lowest BCUT2D eigenvalue weighted by atomic mass is 9.88. The van der Waals surface area contributed by atoms with Gasteiger partial charge >= 0.3 is 0 Å². The maximum Gasteiger partial charge on any atom is 0.101 e. The summed E-state index contributed by atoms with van der Waals surface area (Å²) in [4.78, 5) is 0. The molecule has 1 atom stereocenters. The lowest BCUT2D eigenvalue weighted by Gasteiger charge is -2.26. The second-order valence-electron chi connectivity index (χ2n) is 5.16. The van der Waals surface area contributed by atoms with Gasteiger partial charge in [0.2, 0.25) is 0 Å². The topological polar surface area (TPSA) is 35.8 Å². The van der Waals surface area contributed by atoms with Crippen LogP contribution in [0.15, 0.2) is 42.5 Å². The molecule has 2 nitrogen and oxygen atoms in total. The SMILES string of the molecule is N#Cc1ccc(NC2CCc3ccccc3C2)cc1Cl. The average molecular weight is 283 g/mol. The minimum Gasteiger partial charge on any atom is -0.382 e. The van der Waals surface area contributed by atoms with Gasteiger partial charge in [0.1, 0.15) is 6.07 Å². The van der Waals surface area contributed by atoms with E-state index in [0.29, 0.717) is 16.6 Å². The van der Waals surface area contributed by atoms with Gasteiger partial charge in [0, 0.05) is 11.7 Å². The molecule has 20 heavy (non-hydrogen) atoms. The van der Waals surface area contributed by atoms with Crippen molar-refractivity contribution in [3.8, 4) is 6.07 Å². The largest absolute Gasteiger partial charge is 0.382 e. The summed E-state index contributed by atoms with van der Waals surface area (Å²) in [7, 11) is 0. The molecule has 0 saturated heterocycles. The Morgan fingerprint density at radius 1 is 1.15 bits per heavy atom. The first kappa shape index (κ1) is 13.0. The van der Waals surface area contributed by atoms with Gasteiger partial charge in [-0.2, -0.15) is 5.26 Å². The van der Waals surface area contributed by atoms with Crippen molar-refractivity contribution >= 4 is 17.3 Å². The second-order valence-corrected chi connectivity index (χ2v) is 5.57. The van der Waals surface area contributed by atoms with Crippen molar-refractivity contribution in [2.45, 2.75) is 25.3 Å². The minimum absolute atomic E-state index is 0.425. The highest BCUT2D eigenvalue weighted by Gasteiger charge is 2.18. The zero-order chi connectivity index (χ0) is 13.9. The first-order chi connectivity index (χ1) is 9.76. The van der Waals surface area contributed by atoms with Crippen LogP contribution in [-0.4, -0.2) is 6.04 Å². The van der Waals surface area contributed by atoms with E-state index in [1.807, 2.05) is 12.1 Å². The quantitative estimate of drug-likeness (QED) is 0.897. The van der Waals surface area contributed by atoms with Crippen molar-refractivity contribution in [1.82, 2.24) is 0 Å². The Morgan fingerprint density at radius 3 is 2.70 bits per heavy atom. The molecule has 1 aliphatic rings. The molecule has 1 unspecified atom stereocenters. The van der Waals surface area contributed by atoms with E-state index < -0.39 is 0 Å². The number of nitriles is 1. The van der Waals surface area contributed by atoms with E-state index in [0.717, 1.165) is 24.9 Å². The number of benzene rings is 2. The highest BCUT2D eigenvalue weighted by Crippen LogP contribution is 2.25. The Hall–Kier alpha value is -1.98. The summed E-state index contributed by atoms with van der Waals surface area (Å²) >= 11 is 6.07. The van der Waals surface area contributed by atoms with Crippen LogP contribution in [0.1, 0.15) is 23.1 Å². The molecule has 0 bridgehead atoms. The molecule has 0 radical (unpaired) electrons. The molecule has 2 aromatic rings. The predicted molar refractivity (Wildman–Crippen MR) is 82.0 cm³/mol. The predicted octanol–water partition coefficient (Wildman–Crippen LogP) is 4.18. The van der Waals surface area contributed by atoms with Crippen molar-refractivity contribution in [2.24, 2.45) is 0 Å². The lowest BCUT2D eigenvalue weighted by Crippen LogP contribution is -2.27. The summed E-state index contributed by atoms with van der Waals surface area (Å²) in [5, 5.41) is 12.9. The summed E-state index contributed by atoms with van der Waals surface area (Å²) in [6.45, 7) is 0. The lowest BCUT2D eigenvalue weighted by molar-refractivity contribution is 0.611. The third kappa shape index (κ3) is 2.64. The van der Waals surface area contributed by atoms with E-state index in [2.05, 4.69) is 35.7 Å². The van der Waals surface area contributed by atoms with Gasteiger partial charge in [-0.05, 0) is 48.6 Å². The Labute approximate surface area is 124 Å². The summed E-state index contributed by atoms with van der Waals surface area (Å²) in [6.07, 6.45) is 3.26. The molecule has 2 aromatic carbocycles. The third-order valence-electron chi connectivity index (χ3n) is 3.81. The molecule has 0 saturated carbocycles. The maximum absolute atomic E-state index is 8.89. The number of halogens is 1. The number of nitrogens with one attached hydrogen (secondary N) is 1. The molecular weight excluding hydrogens is 268 g/mol. The standard InChI is InChI=1S/C17H15ClN2/c18-17-10-16(8-6-14(17)11-19)20-15-7-5-12-3-1-2-4-13(12)9-15/h1-4,6,8,10,15,20H,5,7,9H2. The fourth-order valence-corrected chi connectivity index (χ4v) is 2.98. The van der Waals surface area contributed by atoms with Gasteiger partial charge in [-0.3, -0.25) is 0 Å². The average Bonchev–Trinajstić information content (AvgIpc) is 2.47. The molecule has 3 rings (SSSR count). The van der Waals surface area contributed by atoms with Crippen LogP contribution in [0, 0.1) is 11.3 Å². The number of rotatable bonds is 2. The van der Waals surface area contributed by atoms with Gasteiger partial charge in [-0.25, -0.2) is 0 Å². The molecular formula is C17H15ClN2. The molecule has 0 fully saturated rings. The highest BCUT2D eigenvalue weighted by molar-refractivity contribution is 6.32. The fourth-order valence-electron chi connectivity index (χ4n) is 2.75. The highest BCUT2D eigenvalue weighted by atomic mass is 35.5. The van der Waals surface area contributed by atoms with Gasteiger partial charge in [0.25, 0.3) is 0 Å². The van der Waals surface area contributed by atoms with Gasteiger partial charge in [-0.15, -0.1) is 0 Å². The van der Waals surface area contributed by atoms with Crippen LogP contribution in [0.2, 0.25) is 5.02 Å². The maximum atomic E-state index is 8.89. The van der Waals surface area contributed by atoms with Gasteiger partial charge in [0.15, 0.2) is 0 Å². The van der Waals surface area contributed by atoms with Crippen molar-refractivity contribution in [3.05, 3.63) is 64.2 Å². The Balaban J connectivity index is 1.74. The van der Waals surface area contributed by atoms with Gasteiger partial charge < -0.3 is 5.32 Å². The first-order valence-electron chi connectivity index (χ1n) is 6.79. The van der Waals surface area contributed by atoms with Gasteiger partial charge in [-0.1, -0.05) is 35.9 Å². The monoisotopic (exact) mass is 282 g/mol. The van der Waals surface area contributed by atoms with Crippen LogP contribution >= 0.6 is 11.6 Å². The molecule has 1 N–H and O–H groups in total. The summed E-state index contributed by atoms with van der Waals surface area (Å²) < 4.78 is 0. The number of hydrogen-bond donors (Lipinski definition) is 1. The van der Waals surface area contributed by atoms with Crippen LogP contribution in [0.5, 0.6) is 0 Å². The first-order valence-corrected chi connectivity index (χ1v) is 7.17. The fraction of sp³-hybridized carbons (Fsp3) is 0.235. The van der Waals surface area contributed by atoms with Crippen LogP contribution in [0.4, 0.5) is 5.69 Å². The second kappa shape index (κ2) is 5.56. The van der Waals surface area contributed by atoms with Crippen LogP contribution < -0.4 is 5.32 Å². The van der Waals surface area contributed by atoms with E-state index in [1.165, 1.54) is 11.1 Å². The zero-order valence-electron chi connectivity index (χ0n) is 11.1. The molecule has 0 aliphatic heterocycles. The number of hydrogen-bond acceptors (Lipinski definition) is 2. The normalized spacial score (nSPS) is 17.1. The van der Waals surface area contributed by atoms with E-state index in [-0.39, 0.29) is 0 Å². The Kier molecular flexibility index (Phi) is 3.62. The molecule has 0 spiro atoms. The number of anilines is 1. The van der Waals surface area contributed by atoms with Crippen molar-refractivity contribution in [2.75, 3.05) is 5.32 Å². The van der Waals surface area contributed by atoms with E-state index in [4.69, 9.17) is 16.9 Å². The summed E-state index contributed by atoms with van der Waals surface area (Å²) in [5.41, 5.74) is 4.39. The van der Waals surface area contributed by atoms with E-state index >= 15 is 0 Å². The van der Waals surface area contributed by atoms with Gasteiger partial charge in [0.05, 0.1) is 10.6 Å². The molecule has 0 heterocycles. The summed E-state index contributed by atoms with van der Waals surface area (Å²) in [5.74, 6) is 0.